The Labute approximate surface area is 126 Å². The lowest BCUT2D eigenvalue weighted by Crippen LogP contribution is -2.38. The van der Waals surface area contributed by atoms with Crippen LogP contribution in [0.2, 0.25) is 0 Å². The van der Waals surface area contributed by atoms with Gasteiger partial charge in [-0.25, -0.2) is 0 Å². The van der Waals surface area contributed by atoms with Crippen LogP contribution in [-0.2, 0) is 11.3 Å². The van der Waals surface area contributed by atoms with Crippen LogP contribution in [0.5, 0.6) is 0 Å². The molecule has 2 aliphatic carbocycles. The van der Waals surface area contributed by atoms with Gasteiger partial charge in [-0.1, -0.05) is 42.5 Å². The number of allylic oxidation sites excluding steroid dienone is 2. The molecule has 1 aromatic rings. The smallest absolute Gasteiger partial charge is 0.226 e. The monoisotopic (exact) mass is 284 g/mol. The Balaban J connectivity index is 1.69. The van der Waals surface area contributed by atoms with Crippen LogP contribution in [-0.4, -0.2) is 23.9 Å². The van der Waals surface area contributed by atoms with Gasteiger partial charge in [0.25, 0.3) is 0 Å². The molecule has 1 aromatic carbocycles. The van der Waals surface area contributed by atoms with Crippen molar-refractivity contribution in [2.24, 2.45) is 23.5 Å². The van der Waals surface area contributed by atoms with Gasteiger partial charge in [-0.05, 0) is 43.2 Å². The molecule has 3 atom stereocenters. The highest BCUT2D eigenvalue weighted by atomic mass is 16.2. The minimum atomic E-state index is 0.196. The minimum absolute atomic E-state index is 0.196. The second-order valence-electron chi connectivity index (χ2n) is 6.27. The first-order chi connectivity index (χ1) is 10.3. The lowest BCUT2D eigenvalue weighted by Gasteiger charge is -2.28. The Kier molecular flexibility index (Phi) is 4.39. The summed E-state index contributed by atoms with van der Waals surface area (Å²) in [5, 5.41) is 0. The maximum Gasteiger partial charge on any atom is 0.226 e. The van der Waals surface area contributed by atoms with Gasteiger partial charge in [-0.15, -0.1) is 0 Å². The van der Waals surface area contributed by atoms with Crippen molar-refractivity contribution >= 4 is 5.91 Å². The first kappa shape index (κ1) is 14.3. The molecule has 21 heavy (non-hydrogen) atoms. The van der Waals surface area contributed by atoms with Crippen molar-refractivity contribution < 1.29 is 4.79 Å². The molecule has 1 fully saturated rings. The third-order valence-electron chi connectivity index (χ3n) is 4.76. The number of nitrogens with zero attached hydrogens (tertiary/aromatic N) is 1. The fourth-order valence-electron chi connectivity index (χ4n) is 3.65. The second-order valence-corrected chi connectivity index (χ2v) is 6.27. The molecule has 3 unspecified atom stereocenters. The molecule has 0 aliphatic heterocycles. The fraction of sp³-hybridized carbons (Fsp3) is 0.500. The Hall–Kier alpha value is -1.61. The van der Waals surface area contributed by atoms with Crippen molar-refractivity contribution in [2.75, 3.05) is 13.1 Å². The third kappa shape index (κ3) is 3.18. The van der Waals surface area contributed by atoms with Gasteiger partial charge in [0.2, 0.25) is 5.91 Å². The summed E-state index contributed by atoms with van der Waals surface area (Å²) < 4.78 is 0. The number of carbonyl (C=O) groups excluding carboxylic acids is 1. The summed E-state index contributed by atoms with van der Waals surface area (Å²) in [4.78, 5) is 14.9. The number of amides is 1. The van der Waals surface area contributed by atoms with Gasteiger partial charge >= 0.3 is 0 Å². The highest BCUT2D eigenvalue weighted by Gasteiger charge is 2.41. The van der Waals surface area contributed by atoms with Gasteiger partial charge < -0.3 is 10.6 Å². The van der Waals surface area contributed by atoms with Gasteiger partial charge in [-0.3, -0.25) is 4.79 Å². The van der Waals surface area contributed by atoms with E-state index in [1.807, 2.05) is 23.1 Å². The van der Waals surface area contributed by atoms with Crippen LogP contribution in [0.3, 0.4) is 0 Å². The standard InChI is InChI=1S/C18H24N2O/c19-9-4-10-20(13-14-5-2-1-3-6-14)18(21)17-12-15-7-8-16(17)11-15/h1-3,5-8,15-17H,4,9-13,19H2. The molecule has 3 nitrogen and oxygen atoms in total. The summed E-state index contributed by atoms with van der Waals surface area (Å²) >= 11 is 0. The number of benzene rings is 1. The molecule has 2 bridgehead atoms. The molecule has 2 N–H and O–H groups in total. The average Bonchev–Trinajstić information content (AvgIpc) is 3.14. The zero-order valence-corrected chi connectivity index (χ0v) is 12.4. The van der Waals surface area contributed by atoms with Crippen LogP contribution in [0, 0.1) is 17.8 Å². The lowest BCUT2D eigenvalue weighted by molar-refractivity contribution is -0.137. The van der Waals surface area contributed by atoms with Crippen LogP contribution in [0.4, 0.5) is 0 Å². The van der Waals surface area contributed by atoms with E-state index in [0.717, 1.165) is 19.4 Å². The molecule has 3 heteroatoms. The van der Waals surface area contributed by atoms with Gasteiger partial charge in [0, 0.05) is 19.0 Å². The molecule has 1 amide bonds. The fourth-order valence-corrected chi connectivity index (χ4v) is 3.65. The lowest BCUT2D eigenvalue weighted by atomic mass is 9.92. The first-order valence-electron chi connectivity index (χ1n) is 7.99. The Morgan fingerprint density at radius 1 is 1.19 bits per heavy atom. The normalized spacial score (nSPS) is 26.2. The number of nitrogens with two attached hydrogens (primary N) is 1. The molecular formula is C18H24N2O. The Morgan fingerprint density at radius 2 is 2.00 bits per heavy atom. The van der Waals surface area contributed by atoms with E-state index >= 15 is 0 Å². The molecule has 2 aliphatic rings. The van der Waals surface area contributed by atoms with Crippen molar-refractivity contribution in [3.8, 4) is 0 Å². The first-order valence-corrected chi connectivity index (χ1v) is 7.99. The van der Waals surface area contributed by atoms with E-state index in [-0.39, 0.29) is 5.92 Å². The quantitative estimate of drug-likeness (QED) is 0.816. The zero-order valence-electron chi connectivity index (χ0n) is 12.4. The molecule has 3 rings (SSSR count). The zero-order chi connectivity index (χ0) is 14.7. The summed E-state index contributed by atoms with van der Waals surface area (Å²) in [7, 11) is 0. The van der Waals surface area contributed by atoms with E-state index < -0.39 is 0 Å². The van der Waals surface area contributed by atoms with Crippen LogP contribution in [0.1, 0.15) is 24.8 Å². The average molecular weight is 284 g/mol. The van der Waals surface area contributed by atoms with Gasteiger partial charge in [-0.2, -0.15) is 0 Å². The second kappa shape index (κ2) is 6.44. The predicted molar refractivity (Wildman–Crippen MR) is 84.4 cm³/mol. The van der Waals surface area contributed by atoms with Crippen molar-refractivity contribution in [3.63, 3.8) is 0 Å². The topological polar surface area (TPSA) is 46.3 Å². The molecule has 112 valence electrons. The SMILES string of the molecule is NCCCN(Cc1ccccc1)C(=O)C1CC2C=CC1C2. The largest absolute Gasteiger partial charge is 0.338 e. The van der Waals surface area contributed by atoms with Crippen LogP contribution in [0.25, 0.3) is 0 Å². The highest BCUT2D eigenvalue weighted by Crippen LogP contribution is 2.44. The maximum absolute atomic E-state index is 12.9. The summed E-state index contributed by atoms with van der Waals surface area (Å²) in [6.45, 7) is 2.11. The molecular weight excluding hydrogens is 260 g/mol. The Bertz CT molecular complexity index is 511. The highest BCUT2D eigenvalue weighted by molar-refractivity contribution is 5.80. The van der Waals surface area contributed by atoms with E-state index in [1.54, 1.807) is 0 Å². The molecule has 1 saturated carbocycles. The molecule has 0 radical (unpaired) electrons. The number of hydrogen-bond donors (Lipinski definition) is 1. The van der Waals surface area contributed by atoms with Crippen LogP contribution >= 0.6 is 0 Å². The summed E-state index contributed by atoms with van der Waals surface area (Å²) in [6.07, 6.45) is 7.62. The molecule has 0 saturated heterocycles. The van der Waals surface area contributed by atoms with E-state index in [1.165, 1.54) is 12.0 Å². The van der Waals surface area contributed by atoms with Crippen LogP contribution < -0.4 is 5.73 Å². The van der Waals surface area contributed by atoms with E-state index in [0.29, 0.717) is 30.8 Å². The summed E-state index contributed by atoms with van der Waals surface area (Å²) in [6, 6.07) is 10.2. The molecule has 0 aromatic heterocycles. The number of fused-ring (bicyclic) bond motifs is 2. The number of hydrogen-bond acceptors (Lipinski definition) is 2. The van der Waals surface area contributed by atoms with Crippen molar-refractivity contribution in [2.45, 2.75) is 25.8 Å². The van der Waals surface area contributed by atoms with E-state index in [9.17, 15) is 4.79 Å². The van der Waals surface area contributed by atoms with Crippen molar-refractivity contribution in [3.05, 3.63) is 48.0 Å². The Morgan fingerprint density at radius 3 is 2.62 bits per heavy atom. The third-order valence-corrected chi connectivity index (χ3v) is 4.76. The van der Waals surface area contributed by atoms with Crippen molar-refractivity contribution in [1.82, 2.24) is 4.90 Å². The van der Waals surface area contributed by atoms with Crippen LogP contribution in [0.15, 0.2) is 42.5 Å². The van der Waals surface area contributed by atoms with E-state index in [2.05, 4.69) is 24.3 Å². The number of carbonyl (C=O) groups is 1. The number of rotatable bonds is 6. The van der Waals surface area contributed by atoms with Crippen molar-refractivity contribution in [1.29, 1.82) is 0 Å². The predicted octanol–water partition coefficient (Wildman–Crippen LogP) is 2.58. The summed E-state index contributed by atoms with van der Waals surface area (Å²) in [5.41, 5.74) is 6.83. The van der Waals surface area contributed by atoms with E-state index in [4.69, 9.17) is 5.73 Å². The minimum Gasteiger partial charge on any atom is -0.338 e. The van der Waals surface area contributed by atoms with Gasteiger partial charge in [0.1, 0.15) is 0 Å². The molecule has 0 spiro atoms. The van der Waals surface area contributed by atoms with Gasteiger partial charge in [0.15, 0.2) is 0 Å². The van der Waals surface area contributed by atoms with Gasteiger partial charge in [0.05, 0.1) is 0 Å². The molecule has 0 heterocycles. The summed E-state index contributed by atoms with van der Waals surface area (Å²) in [5.74, 6) is 1.63. The maximum atomic E-state index is 12.9.